The van der Waals surface area contributed by atoms with E-state index in [1.165, 1.54) is 32.1 Å². The Bertz CT molecular complexity index is 232. The average Bonchev–Trinajstić information content (AvgIpc) is 2.33. The van der Waals surface area contributed by atoms with Crippen molar-refractivity contribution in [3.63, 3.8) is 0 Å². The lowest BCUT2D eigenvalue weighted by molar-refractivity contribution is -0.191. The molecule has 0 aromatic heterocycles. The molecule has 1 rings (SSSR count). The third-order valence-corrected chi connectivity index (χ3v) is 3.52. The van der Waals surface area contributed by atoms with Crippen LogP contribution in [0.15, 0.2) is 0 Å². The van der Waals surface area contributed by atoms with E-state index >= 15 is 0 Å². The molecule has 100 valence electrons. The maximum Gasteiger partial charge on any atom is 0.373 e. The van der Waals surface area contributed by atoms with Crippen molar-refractivity contribution in [2.45, 2.75) is 46.0 Å². The lowest BCUT2D eigenvalue weighted by Crippen LogP contribution is -2.33. The fraction of sp³-hybridized carbons (Fsp3) is 0.909. The standard InChI is InChI=1S/C10H21N.CO2.O2S/c1-3-10(8-11)6-4-9(2)5-7-10;2-1-3;1-3-2/h9H,3-8,11H2,1-2H3;;. The first-order valence-corrected chi connectivity index (χ1v) is 6.33. The maximum atomic E-state index is 8.29. The minimum Gasteiger partial charge on any atom is -0.330 e. The Labute approximate surface area is 106 Å². The Morgan fingerprint density at radius 1 is 1.29 bits per heavy atom. The van der Waals surface area contributed by atoms with Crippen LogP contribution in [0.5, 0.6) is 0 Å². The Hall–Kier alpha value is -0.840. The summed E-state index contributed by atoms with van der Waals surface area (Å²) in [7, 11) is 0. The second-order valence-corrected chi connectivity index (χ2v) is 4.53. The maximum absolute atomic E-state index is 8.29. The molecule has 17 heavy (non-hydrogen) atoms. The molecule has 2 N–H and O–H groups in total. The molecular weight excluding hydrogens is 242 g/mol. The van der Waals surface area contributed by atoms with Gasteiger partial charge in [-0.05, 0) is 37.1 Å². The summed E-state index contributed by atoms with van der Waals surface area (Å²) in [5.74, 6) is 0.946. The molecule has 0 bridgehead atoms. The largest absolute Gasteiger partial charge is 0.373 e. The van der Waals surface area contributed by atoms with Crippen molar-refractivity contribution in [2.24, 2.45) is 17.1 Å². The third-order valence-electron chi connectivity index (χ3n) is 3.52. The van der Waals surface area contributed by atoms with E-state index in [2.05, 4.69) is 13.8 Å². The quantitative estimate of drug-likeness (QED) is 0.810. The predicted octanol–water partition coefficient (Wildman–Crippen LogP) is 1.30. The number of hydrogen-bond acceptors (Lipinski definition) is 5. The van der Waals surface area contributed by atoms with Crippen LogP contribution in [0, 0.1) is 11.3 Å². The molecule has 1 aliphatic rings. The average molecular weight is 263 g/mol. The van der Waals surface area contributed by atoms with Crippen molar-refractivity contribution in [1.82, 2.24) is 0 Å². The Morgan fingerprint density at radius 3 is 1.88 bits per heavy atom. The second-order valence-electron chi connectivity index (χ2n) is 4.39. The van der Waals surface area contributed by atoms with Gasteiger partial charge in [-0.15, -0.1) is 0 Å². The SMILES string of the molecule is CCC1(CN)CCC(C)CC1.O=C=O.O=S=O. The molecule has 0 aromatic carbocycles. The molecule has 1 aliphatic carbocycles. The van der Waals surface area contributed by atoms with Gasteiger partial charge in [0.25, 0.3) is 0 Å². The lowest BCUT2D eigenvalue weighted by Gasteiger charge is -2.37. The van der Waals surface area contributed by atoms with Crippen molar-refractivity contribution in [1.29, 1.82) is 0 Å². The molecule has 5 nitrogen and oxygen atoms in total. The normalized spacial score (nSPS) is 26.4. The van der Waals surface area contributed by atoms with Crippen LogP contribution in [0.3, 0.4) is 0 Å². The summed E-state index contributed by atoms with van der Waals surface area (Å²) in [6.45, 7) is 5.54. The van der Waals surface area contributed by atoms with E-state index in [1.807, 2.05) is 0 Å². The van der Waals surface area contributed by atoms with Gasteiger partial charge in [-0.2, -0.15) is 18.0 Å². The van der Waals surface area contributed by atoms with Crippen LogP contribution in [0.2, 0.25) is 0 Å². The number of rotatable bonds is 2. The zero-order valence-corrected chi connectivity index (χ0v) is 11.3. The zero-order chi connectivity index (χ0) is 13.7. The van der Waals surface area contributed by atoms with Crippen molar-refractivity contribution in [2.75, 3.05) is 6.54 Å². The monoisotopic (exact) mass is 263 g/mol. The van der Waals surface area contributed by atoms with Crippen LogP contribution in [0.25, 0.3) is 0 Å². The highest BCUT2D eigenvalue weighted by molar-refractivity contribution is 7.51. The van der Waals surface area contributed by atoms with Crippen LogP contribution < -0.4 is 5.73 Å². The van der Waals surface area contributed by atoms with Crippen molar-refractivity contribution >= 4 is 17.7 Å². The molecule has 1 fully saturated rings. The van der Waals surface area contributed by atoms with Gasteiger partial charge in [0.05, 0.1) is 0 Å². The van der Waals surface area contributed by atoms with E-state index in [4.69, 9.17) is 23.7 Å². The van der Waals surface area contributed by atoms with Gasteiger partial charge >= 0.3 is 17.7 Å². The third kappa shape index (κ3) is 8.92. The fourth-order valence-corrected chi connectivity index (χ4v) is 2.08. The van der Waals surface area contributed by atoms with Crippen LogP contribution in [-0.2, 0) is 21.2 Å². The minimum atomic E-state index is -0.750. The van der Waals surface area contributed by atoms with E-state index in [9.17, 15) is 0 Å². The fourth-order valence-electron chi connectivity index (χ4n) is 2.08. The van der Waals surface area contributed by atoms with Crippen molar-refractivity contribution < 1.29 is 18.0 Å². The molecule has 0 heterocycles. The molecule has 1 saturated carbocycles. The van der Waals surface area contributed by atoms with Crippen LogP contribution in [-0.4, -0.2) is 21.1 Å². The molecule has 0 aliphatic heterocycles. The molecule has 0 radical (unpaired) electrons. The first-order chi connectivity index (χ1) is 8.05. The van der Waals surface area contributed by atoms with Crippen molar-refractivity contribution in [3.8, 4) is 0 Å². The highest BCUT2D eigenvalue weighted by atomic mass is 32.1. The summed E-state index contributed by atoms with van der Waals surface area (Å²) >= 11 is -0.750. The summed E-state index contributed by atoms with van der Waals surface area (Å²) in [4.78, 5) is 16.2. The van der Waals surface area contributed by atoms with E-state index in [1.54, 1.807) is 0 Å². The topological polar surface area (TPSA) is 94.3 Å². The summed E-state index contributed by atoms with van der Waals surface area (Å²) < 4.78 is 16.6. The van der Waals surface area contributed by atoms with Gasteiger partial charge in [-0.1, -0.05) is 26.7 Å². The van der Waals surface area contributed by atoms with E-state index in [-0.39, 0.29) is 6.15 Å². The van der Waals surface area contributed by atoms with Gasteiger partial charge in [-0.3, -0.25) is 0 Å². The van der Waals surface area contributed by atoms with E-state index in [0.29, 0.717) is 5.41 Å². The molecule has 0 spiro atoms. The number of carbonyl (C=O) groups excluding carboxylic acids is 2. The number of hydrogen-bond donors (Lipinski definition) is 1. The summed E-state index contributed by atoms with van der Waals surface area (Å²) in [6.07, 6.45) is 7.04. The first kappa shape index (κ1) is 18.5. The van der Waals surface area contributed by atoms with Gasteiger partial charge in [-0.25, -0.2) is 0 Å². The summed E-state index contributed by atoms with van der Waals surface area (Å²) in [6, 6.07) is 0. The molecule has 0 aromatic rings. The van der Waals surface area contributed by atoms with Gasteiger partial charge in [0.15, 0.2) is 0 Å². The minimum absolute atomic E-state index is 0.250. The molecule has 0 amide bonds. The Kier molecular flexibility index (Phi) is 12.7. The summed E-state index contributed by atoms with van der Waals surface area (Å²) in [5, 5.41) is 0. The summed E-state index contributed by atoms with van der Waals surface area (Å²) in [5.41, 5.74) is 6.31. The van der Waals surface area contributed by atoms with Gasteiger partial charge < -0.3 is 5.73 Å². The molecule has 0 saturated heterocycles. The van der Waals surface area contributed by atoms with Gasteiger partial charge in [0.1, 0.15) is 0 Å². The molecular formula is C11H21NO4S. The van der Waals surface area contributed by atoms with Crippen LogP contribution >= 0.6 is 0 Å². The highest BCUT2D eigenvalue weighted by Crippen LogP contribution is 2.40. The number of nitrogens with two attached hydrogens (primary N) is 1. The zero-order valence-electron chi connectivity index (χ0n) is 10.4. The smallest absolute Gasteiger partial charge is 0.330 e. The Balaban J connectivity index is 0. The van der Waals surface area contributed by atoms with Gasteiger partial charge in [0, 0.05) is 0 Å². The van der Waals surface area contributed by atoms with Gasteiger partial charge in [0.2, 0.25) is 0 Å². The highest BCUT2D eigenvalue weighted by Gasteiger charge is 2.30. The van der Waals surface area contributed by atoms with Crippen molar-refractivity contribution in [3.05, 3.63) is 0 Å². The second kappa shape index (κ2) is 11.6. The van der Waals surface area contributed by atoms with E-state index in [0.717, 1.165) is 12.5 Å². The Morgan fingerprint density at radius 2 is 1.65 bits per heavy atom. The van der Waals surface area contributed by atoms with Crippen LogP contribution in [0.4, 0.5) is 0 Å². The molecule has 0 unspecified atom stereocenters. The molecule has 0 atom stereocenters. The lowest BCUT2D eigenvalue weighted by atomic mass is 9.69. The predicted molar refractivity (Wildman–Crippen MR) is 63.3 cm³/mol. The van der Waals surface area contributed by atoms with E-state index < -0.39 is 11.6 Å². The first-order valence-electron chi connectivity index (χ1n) is 5.66. The van der Waals surface area contributed by atoms with Crippen LogP contribution in [0.1, 0.15) is 46.0 Å². The molecule has 6 heteroatoms.